The van der Waals surface area contributed by atoms with Gasteiger partial charge in [0, 0.05) is 0 Å². The van der Waals surface area contributed by atoms with Crippen LogP contribution in [-0.4, -0.2) is 17.2 Å². The van der Waals surface area contributed by atoms with E-state index < -0.39 is 12.1 Å². The molecule has 0 aliphatic rings. The van der Waals surface area contributed by atoms with E-state index in [4.69, 9.17) is 4.74 Å². The second-order valence-electron chi connectivity index (χ2n) is 3.53. The number of hydrogen-bond donors (Lipinski definition) is 1. The largest absolute Gasteiger partial charge is 0.459 e. The number of carbonyl (C=O) groups is 1. The lowest BCUT2D eigenvalue weighted by Crippen LogP contribution is -2.23. The fourth-order valence-corrected chi connectivity index (χ4v) is 1.15. The van der Waals surface area contributed by atoms with Crippen LogP contribution < -0.4 is 0 Å². The number of benzene rings is 1. The molecule has 3 nitrogen and oxygen atoms in total. The van der Waals surface area contributed by atoms with Gasteiger partial charge in [-0.05, 0) is 25.0 Å². The Labute approximate surface area is 95.4 Å². The van der Waals surface area contributed by atoms with Crippen LogP contribution in [0, 0.1) is 0 Å². The van der Waals surface area contributed by atoms with Crippen molar-refractivity contribution in [1.29, 1.82) is 0 Å². The van der Waals surface area contributed by atoms with E-state index in [1.807, 2.05) is 30.3 Å². The predicted molar refractivity (Wildman–Crippen MR) is 61.7 cm³/mol. The van der Waals surface area contributed by atoms with Crippen molar-refractivity contribution in [1.82, 2.24) is 0 Å². The summed E-state index contributed by atoms with van der Waals surface area (Å²) in [4.78, 5) is 11.4. The first-order valence-electron chi connectivity index (χ1n) is 5.16. The number of aliphatic hydroxyl groups is 1. The Bertz CT molecular complexity index is 368. The van der Waals surface area contributed by atoms with Gasteiger partial charge in [0.05, 0.1) is 0 Å². The van der Waals surface area contributed by atoms with Gasteiger partial charge in [0.25, 0.3) is 0 Å². The summed E-state index contributed by atoms with van der Waals surface area (Å²) in [6.07, 6.45) is 0.530. The zero-order valence-electron chi connectivity index (χ0n) is 9.51. The third kappa shape index (κ3) is 3.51. The van der Waals surface area contributed by atoms with E-state index in [2.05, 4.69) is 0 Å². The third-order valence-electron chi connectivity index (χ3n) is 2.33. The molecule has 0 radical (unpaired) electrons. The van der Waals surface area contributed by atoms with E-state index >= 15 is 0 Å². The van der Waals surface area contributed by atoms with E-state index in [0.29, 0.717) is 5.57 Å². The molecule has 0 aliphatic carbocycles. The summed E-state index contributed by atoms with van der Waals surface area (Å²) in [6, 6.07) is 9.36. The fraction of sp³-hybridized carbons (Fsp3) is 0.308. The molecule has 3 heteroatoms. The van der Waals surface area contributed by atoms with E-state index in [-0.39, 0.29) is 6.61 Å². The van der Waals surface area contributed by atoms with Crippen molar-refractivity contribution >= 4 is 5.97 Å². The van der Waals surface area contributed by atoms with E-state index in [1.54, 1.807) is 19.9 Å². The van der Waals surface area contributed by atoms with Crippen LogP contribution >= 0.6 is 0 Å². The third-order valence-corrected chi connectivity index (χ3v) is 2.33. The maximum absolute atomic E-state index is 11.4. The fourth-order valence-electron chi connectivity index (χ4n) is 1.15. The van der Waals surface area contributed by atoms with Crippen LogP contribution in [-0.2, 0) is 16.1 Å². The van der Waals surface area contributed by atoms with Gasteiger partial charge < -0.3 is 9.84 Å². The lowest BCUT2D eigenvalue weighted by atomic mass is 10.1. The van der Waals surface area contributed by atoms with Crippen molar-refractivity contribution in [2.24, 2.45) is 0 Å². The minimum atomic E-state index is -1.16. The highest BCUT2D eigenvalue weighted by Crippen LogP contribution is 2.06. The quantitative estimate of drug-likeness (QED) is 0.624. The summed E-state index contributed by atoms with van der Waals surface area (Å²) in [7, 11) is 0. The molecule has 1 N–H and O–H groups in total. The lowest BCUT2D eigenvalue weighted by molar-refractivity contribution is -0.152. The summed E-state index contributed by atoms with van der Waals surface area (Å²) in [5.41, 5.74) is 1.50. The second-order valence-corrected chi connectivity index (χ2v) is 3.53. The zero-order valence-corrected chi connectivity index (χ0v) is 9.51. The molecule has 0 fully saturated rings. The molecule has 0 bridgehead atoms. The van der Waals surface area contributed by atoms with E-state index in [1.165, 1.54) is 0 Å². The molecular formula is C13H16O3. The highest BCUT2D eigenvalue weighted by Gasteiger charge is 2.17. The predicted octanol–water partition coefficient (Wildman–Crippen LogP) is 2.06. The molecule has 1 aromatic carbocycles. The van der Waals surface area contributed by atoms with Crippen molar-refractivity contribution in [3.05, 3.63) is 47.5 Å². The van der Waals surface area contributed by atoms with Gasteiger partial charge in [-0.3, -0.25) is 0 Å². The zero-order chi connectivity index (χ0) is 12.0. The molecule has 0 saturated heterocycles. The number of hydrogen-bond acceptors (Lipinski definition) is 3. The number of carbonyl (C=O) groups excluding carboxylic acids is 1. The van der Waals surface area contributed by atoms with E-state index in [9.17, 15) is 9.90 Å². The monoisotopic (exact) mass is 220 g/mol. The molecule has 0 saturated carbocycles. The number of aliphatic hydroxyl groups excluding tert-OH is 1. The Morgan fingerprint density at radius 3 is 2.62 bits per heavy atom. The molecule has 0 heterocycles. The van der Waals surface area contributed by atoms with Crippen LogP contribution in [0.5, 0.6) is 0 Å². The Morgan fingerprint density at radius 2 is 2.06 bits per heavy atom. The summed E-state index contributed by atoms with van der Waals surface area (Å²) >= 11 is 0. The van der Waals surface area contributed by atoms with Crippen LogP contribution in [0.15, 0.2) is 42.0 Å². The maximum atomic E-state index is 11.4. The SMILES string of the molecule is C/C=C(\C)C(O)C(=O)OCc1ccccc1. The number of ether oxygens (including phenoxy) is 1. The normalized spacial score (nSPS) is 13.3. The summed E-state index contributed by atoms with van der Waals surface area (Å²) < 4.78 is 4.98. The maximum Gasteiger partial charge on any atom is 0.339 e. The lowest BCUT2D eigenvalue weighted by Gasteiger charge is -2.10. The number of esters is 1. The molecule has 1 aromatic rings. The molecule has 1 atom stereocenters. The molecule has 1 rings (SSSR count). The van der Waals surface area contributed by atoms with Crippen LogP contribution in [0.2, 0.25) is 0 Å². The topological polar surface area (TPSA) is 46.5 Å². The summed E-state index contributed by atoms with van der Waals surface area (Å²) in [6.45, 7) is 3.64. The van der Waals surface area contributed by atoms with Crippen LogP contribution in [0.4, 0.5) is 0 Å². The molecule has 16 heavy (non-hydrogen) atoms. The first kappa shape index (κ1) is 12.5. The molecule has 0 spiro atoms. The first-order valence-corrected chi connectivity index (χ1v) is 5.16. The van der Waals surface area contributed by atoms with Gasteiger partial charge in [-0.2, -0.15) is 0 Å². The van der Waals surface area contributed by atoms with Gasteiger partial charge in [0.15, 0.2) is 6.10 Å². The minimum Gasteiger partial charge on any atom is -0.459 e. The van der Waals surface area contributed by atoms with Gasteiger partial charge in [-0.25, -0.2) is 4.79 Å². The highest BCUT2D eigenvalue weighted by molar-refractivity contribution is 5.77. The highest BCUT2D eigenvalue weighted by atomic mass is 16.5. The average Bonchev–Trinajstić information content (AvgIpc) is 2.35. The van der Waals surface area contributed by atoms with E-state index in [0.717, 1.165) is 5.56 Å². The van der Waals surface area contributed by atoms with Gasteiger partial charge in [0.2, 0.25) is 0 Å². The van der Waals surface area contributed by atoms with Crippen molar-refractivity contribution in [2.75, 3.05) is 0 Å². The van der Waals surface area contributed by atoms with Crippen molar-refractivity contribution in [3.8, 4) is 0 Å². The second kappa shape index (κ2) is 6.08. The van der Waals surface area contributed by atoms with Crippen molar-refractivity contribution in [3.63, 3.8) is 0 Å². The van der Waals surface area contributed by atoms with Crippen molar-refractivity contribution in [2.45, 2.75) is 26.6 Å². The summed E-state index contributed by atoms with van der Waals surface area (Å²) in [5.74, 6) is -0.612. The number of allylic oxidation sites excluding steroid dienone is 1. The summed E-state index contributed by atoms with van der Waals surface area (Å²) in [5, 5.41) is 9.52. The van der Waals surface area contributed by atoms with Gasteiger partial charge in [-0.15, -0.1) is 0 Å². The molecule has 0 aromatic heterocycles. The van der Waals surface area contributed by atoms with Crippen LogP contribution in [0.3, 0.4) is 0 Å². The first-order chi connectivity index (χ1) is 7.65. The smallest absolute Gasteiger partial charge is 0.339 e. The van der Waals surface area contributed by atoms with Crippen molar-refractivity contribution < 1.29 is 14.6 Å². The molecule has 86 valence electrons. The van der Waals surface area contributed by atoms with Gasteiger partial charge in [-0.1, -0.05) is 36.4 Å². The van der Waals surface area contributed by atoms with Gasteiger partial charge in [0.1, 0.15) is 6.61 Å². The molecular weight excluding hydrogens is 204 g/mol. The molecule has 1 unspecified atom stereocenters. The number of rotatable bonds is 4. The van der Waals surface area contributed by atoms with Gasteiger partial charge >= 0.3 is 5.97 Å². The molecule has 0 aliphatic heterocycles. The van der Waals surface area contributed by atoms with Crippen LogP contribution in [0.1, 0.15) is 19.4 Å². The van der Waals surface area contributed by atoms with Crippen LogP contribution in [0.25, 0.3) is 0 Å². The Kier molecular flexibility index (Phi) is 4.73. The average molecular weight is 220 g/mol. The molecule has 0 amide bonds. The standard InChI is InChI=1S/C13H16O3/c1-3-10(2)12(14)13(15)16-9-11-7-5-4-6-8-11/h3-8,12,14H,9H2,1-2H3/b10-3+. The Hall–Kier alpha value is -1.61. The minimum absolute atomic E-state index is 0.188. The Morgan fingerprint density at radius 1 is 1.44 bits per heavy atom. The Balaban J connectivity index is 2.48.